The van der Waals surface area contributed by atoms with Gasteiger partial charge in [0, 0.05) is 16.3 Å². The molecule has 160 valence electrons. The topological polar surface area (TPSA) is 127 Å². The average molecular weight is 479 g/mol. The lowest BCUT2D eigenvalue weighted by Crippen LogP contribution is -2.29. The minimum Gasteiger partial charge on any atom is -0.507 e. The minimum atomic E-state index is -4.04. The Morgan fingerprint density at radius 2 is 1.65 bits per heavy atom. The van der Waals surface area contributed by atoms with Crippen LogP contribution in [0.25, 0.3) is 11.1 Å². The van der Waals surface area contributed by atoms with E-state index in [-0.39, 0.29) is 20.5 Å². The number of rotatable bonds is 4. The number of phenolic OH excluding ortho intramolecular Hbond substituents is 1. The van der Waals surface area contributed by atoms with Crippen molar-refractivity contribution in [2.75, 3.05) is 5.32 Å². The van der Waals surface area contributed by atoms with Crippen LogP contribution in [0.4, 0.5) is 5.69 Å². The molecule has 31 heavy (non-hydrogen) atoms. The lowest BCUT2D eigenvalue weighted by molar-refractivity contribution is -0.134. The largest absolute Gasteiger partial charge is 0.507 e. The third-order valence-electron chi connectivity index (χ3n) is 4.43. The monoisotopic (exact) mass is 478 g/mol. The molecule has 0 bridgehead atoms. The molecule has 3 aromatic rings. The van der Waals surface area contributed by atoms with Gasteiger partial charge in [-0.1, -0.05) is 29.3 Å². The van der Waals surface area contributed by atoms with Gasteiger partial charge in [0.25, 0.3) is 0 Å². The van der Waals surface area contributed by atoms with Gasteiger partial charge in [0.05, 0.1) is 9.92 Å². The maximum atomic E-state index is 13.0. The summed E-state index contributed by atoms with van der Waals surface area (Å²) in [5.41, 5.74) is 6.70. The van der Waals surface area contributed by atoms with Crippen molar-refractivity contribution < 1.29 is 23.1 Å². The van der Waals surface area contributed by atoms with Crippen LogP contribution in [-0.4, -0.2) is 25.3 Å². The predicted molar refractivity (Wildman–Crippen MR) is 118 cm³/mol. The highest BCUT2D eigenvalue weighted by Crippen LogP contribution is 2.38. The van der Waals surface area contributed by atoms with Crippen LogP contribution in [-0.2, 0) is 19.4 Å². The summed E-state index contributed by atoms with van der Waals surface area (Å²) in [5.74, 6) is -2.56. The first-order chi connectivity index (χ1) is 14.5. The molecule has 0 atom stereocenters. The first-order valence-corrected chi connectivity index (χ1v) is 11.0. The second-order valence-corrected chi connectivity index (χ2v) is 9.37. The van der Waals surface area contributed by atoms with Crippen LogP contribution in [0.2, 0.25) is 10.0 Å². The van der Waals surface area contributed by atoms with Gasteiger partial charge in [-0.2, -0.15) is 0 Å². The Morgan fingerprint density at radius 3 is 2.23 bits per heavy atom. The van der Waals surface area contributed by atoms with E-state index in [1.807, 2.05) is 0 Å². The van der Waals surface area contributed by atoms with Gasteiger partial charge in [-0.15, -0.1) is 0 Å². The molecule has 0 spiro atoms. The van der Waals surface area contributed by atoms with Crippen molar-refractivity contribution in [2.45, 2.75) is 16.7 Å². The average Bonchev–Trinajstić information content (AvgIpc) is 2.68. The molecule has 10 heteroatoms. The number of primary amides is 1. The lowest BCUT2D eigenvalue weighted by atomic mass is 9.99. The number of nitrogens with one attached hydrogen (secondary N) is 1. The molecule has 3 aromatic carbocycles. The number of nitrogens with two attached hydrogens (primary N) is 1. The van der Waals surface area contributed by atoms with E-state index in [0.717, 1.165) is 0 Å². The van der Waals surface area contributed by atoms with Crippen LogP contribution >= 0.6 is 23.2 Å². The molecule has 7 nitrogen and oxygen atoms in total. The van der Waals surface area contributed by atoms with Gasteiger partial charge in [-0.25, -0.2) is 8.42 Å². The summed E-state index contributed by atoms with van der Waals surface area (Å²) in [6.07, 6.45) is 0. The van der Waals surface area contributed by atoms with Crippen molar-refractivity contribution >= 4 is 50.5 Å². The maximum Gasteiger partial charge on any atom is 0.313 e. The fraction of sp³-hybridized carbons (Fsp3) is 0.0476. The molecule has 0 aliphatic carbocycles. The summed E-state index contributed by atoms with van der Waals surface area (Å²) in [4.78, 5) is 22.1. The maximum absolute atomic E-state index is 13.0. The Hall–Kier alpha value is -3.07. The molecule has 0 saturated carbocycles. The zero-order valence-electron chi connectivity index (χ0n) is 16.0. The normalized spacial score (nSPS) is 11.2. The van der Waals surface area contributed by atoms with Crippen LogP contribution in [0.15, 0.2) is 64.4 Å². The van der Waals surface area contributed by atoms with Crippen molar-refractivity contribution in [2.24, 2.45) is 5.73 Å². The van der Waals surface area contributed by atoms with Crippen LogP contribution in [0, 0.1) is 6.92 Å². The molecule has 3 rings (SSSR count). The zero-order chi connectivity index (χ0) is 22.9. The predicted octanol–water partition coefficient (Wildman–Crippen LogP) is 3.93. The fourth-order valence-electron chi connectivity index (χ4n) is 3.00. The van der Waals surface area contributed by atoms with Gasteiger partial charge in [-0.3, -0.25) is 9.59 Å². The minimum absolute atomic E-state index is 0.0309. The van der Waals surface area contributed by atoms with Gasteiger partial charge in [-0.05, 0) is 66.6 Å². The number of halogens is 2. The Balaban J connectivity index is 2.08. The molecule has 0 unspecified atom stereocenters. The molecule has 0 aliphatic rings. The molecule has 0 aliphatic heterocycles. The Labute approximate surface area is 188 Å². The number of amides is 2. The quantitative estimate of drug-likeness (QED) is 0.489. The summed E-state index contributed by atoms with van der Waals surface area (Å²) in [5, 5.41) is 13.1. The summed E-state index contributed by atoms with van der Waals surface area (Å²) < 4.78 is 26.1. The Bertz CT molecular complexity index is 1280. The SMILES string of the molecule is Cc1cc(NC(=O)C(N)=O)cc(Cl)c1-c1ccc(O)c(S(=O)(=O)c2ccc(Cl)cc2)c1. The third-order valence-corrected chi connectivity index (χ3v) is 6.78. The van der Waals surface area contributed by atoms with Crippen LogP contribution in [0.1, 0.15) is 5.56 Å². The van der Waals surface area contributed by atoms with Crippen LogP contribution < -0.4 is 11.1 Å². The highest BCUT2D eigenvalue weighted by molar-refractivity contribution is 7.91. The number of carbonyl (C=O) groups is 2. The summed E-state index contributed by atoms with van der Waals surface area (Å²) in [6, 6.07) is 12.6. The van der Waals surface area contributed by atoms with E-state index in [4.69, 9.17) is 28.9 Å². The summed E-state index contributed by atoms with van der Waals surface area (Å²) in [7, 11) is -4.04. The number of benzene rings is 3. The standard InChI is InChI=1S/C21H16Cl2N2O5S/c1-11-8-14(25-21(28)20(24)27)10-16(23)19(11)12-2-7-17(26)18(9-12)31(29,30)15-5-3-13(22)4-6-15/h2-10,26H,1H3,(H2,24,27)(H,25,28). The number of aromatic hydroxyl groups is 1. The number of sulfone groups is 1. The summed E-state index contributed by atoms with van der Waals surface area (Å²) in [6.45, 7) is 1.70. The molecular weight excluding hydrogens is 463 g/mol. The van der Waals surface area contributed by atoms with Crippen molar-refractivity contribution in [3.8, 4) is 16.9 Å². The van der Waals surface area contributed by atoms with E-state index in [0.29, 0.717) is 21.7 Å². The zero-order valence-corrected chi connectivity index (χ0v) is 18.3. The van der Waals surface area contributed by atoms with Crippen LogP contribution in [0.3, 0.4) is 0 Å². The highest BCUT2D eigenvalue weighted by atomic mass is 35.5. The molecule has 0 fully saturated rings. The first-order valence-electron chi connectivity index (χ1n) is 8.75. The second kappa shape index (κ2) is 8.58. The first kappa shape index (κ1) is 22.6. The molecule has 0 heterocycles. The molecule has 4 N–H and O–H groups in total. The van der Waals surface area contributed by atoms with E-state index >= 15 is 0 Å². The van der Waals surface area contributed by atoms with E-state index in [2.05, 4.69) is 5.32 Å². The Kier molecular flexibility index (Phi) is 6.26. The van der Waals surface area contributed by atoms with Crippen molar-refractivity contribution in [3.05, 3.63) is 70.2 Å². The number of hydrogen-bond donors (Lipinski definition) is 3. The molecule has 0 radical (unpaired) electrons. The van der Waals surface area contributed by atoms with Crippen molar-refractivity contribution in [3.63, 3.8) is 0 Å². The number of anilines is 1. The number of phenols is 1. The smallest absolute Gasteiger partial charge is 0.313 e. The van der Waals surface area contributed by atoms with Gasteiger partial charge < -0.3 is 16.2 Å². The molecule has 2 amide bonds. The third kappa shape index (κ3) is 4.66. The number of aryl methyl sites for hydroxylation is 1. The summed E-state index contributed by atoms with van der Waals surface area (Å²) >= 11 is 12.2. The fourth-order valence-corrected chi connectivity index (χ4v) is 4.88. The second-order valence-electron chi connectivity index (χ2n) is 6.61. The van der Waals surface area contributed by atoms with E-state index in [1.54, 1.807) is 13.0 Å². The molecule has 0 aromatic heterocycles. The van der Waals surface area contributed by atoms with Gasteiger partial charge in [0.15, 0.2) is 0 Å². The number of hydrogen-bond acceptors (Lipinski definition) is 5. The molecule has 0 saturated heterocycles. The van der Waals surface area contributed by atoms with Crippen molar-refractivity contribution in [1.82, 2.24) is 0 Å². The van der Waals surface area contributed by atoms with E-state index in [1.165, 1.54) is 48.5 Å². The van der Waals surface area contributed by atoms with Crippen molar-refractivity contribution in [1.29, 1.82) is 0 Å². The van der Waals surface area contributed by atoms with E-state index in [9.17, 15) is 23.1 Å². The lowest BCUT2D eigenvalue weighted by Gasteiger charge is -2.14. The molecular formula is C21H16Cl2N2O5S. The van der Waals surface area contributed by atoms with E-state index < -0.39 is 27.4 Å². The van der Waals surface area contributed by atoms with Gasteiger partial charge in [0.1, 0.15) is 10.6 Å². The van der Waals surface area contributed by atoms with Gasteiger partial charge >= 0.3 is 11.8 Å². The van der Waals surface area contributed by atoms with Gasteiger partial charge in [0.2, 0.25) is 9.84 Å². The van der Waals surface area contributed by atoms with Crippen LogP contribution in [0.5, 0.6) is 5.75 Å². The Morgan fingerprint density at radius 1 is 1.00 bits per heavy atom. The number of carbonyl (C=O) groups excluding carboxylic acids is 2. The highest BCUT2D eigenvalue weighted by Gasteiger charge is 2.23.